The van der Waals surface area contributed by atoms with E-state index < -0.39 is 36.5 Å². The van der Waals surface area contributed by atoms with Crippen LogP contribution in [0.1, 0.15) is 29.5 Å². The van der Waals surface area contributed by atoms with Gasteiger partial charge in [-0.25, -0.2) is 18.3 Å². The van der Waals surface area contributed by atoms with E-state index in [1.807, 2.05) is 0 Å². The lowest BCUT2D eigenvalue weighted by Crippen LogP contribution is -2.21. The predicted octanol–water partition coefficient (Wildman–Crippen LogP) is 1.95. The average molecular weight is 273 g/mol. The van der Waals surface area contributed by atoms with E-state index in [0.29, 0.717) is 0 Å². The van der Waals surface area contributed by atoms with Gasteiger partial charge in [0.1, 0.15) is 12.2 Å². The molecule has 0 amide bonds. The SMILES string of the molecule is CCOC(=O)c1nnn(CC(F)(F)F)c1C(F)F. The van der Waals surface area contributed by atoms with Gasteiger partial charge in [-0.1, -0.05) is 5.21 Å². The molecule has 10 heteroatoms. The van der Waals surface area contributed by atoms with E-state index in [1.54, 1.807) is 0 Å². The van der Waals surface area contributed by atoms with Crippen LogP contribution in [0.4, 0.5) is 22.0 Å². The van der Waals surface area contributed by atoms with Crippen molar-refractivity contribution in [2.75, 3.05) is 6.61 Å². The molecule has 0 aliphatic carbocycles. The highest BCUT2D eigenvalue weighted by molar-refractivity contribution is 5.88. The lowest BCUT2D eigenvalue weighted by molar-refractivity contribution is -0.144. The Balaban J connectivity index is 3.11. The van der Waals surface area contributed by atoms with Crippen molar-refractivity contribution in [2.24, 2.45) is 0 Å². The molecule has 0 aliphatic heterocycles. The third-order valence-electron chi connectivity index (χ3n) is 1.78. The van der Waals surface area contributed by atoms with Crippen LogP contribution in [0.3, 0.4) is 0 Å². The number of alkyl halides is 5. The summed E-state index contributed by atoms with van der Waals surface area (Å²) >= 11 is 0. The van der Waals surface area contributed by atoms with Gasteiger partial charge in [0.05, 0.1) is 6.61 Å². The number of halogens is 5. The maximum Gasteiger partial charge on any atom is 0.408 e. The van der Waals surface area contributed by atoms with Crippen molar-refractivity contribution < 1.29 is 31.5 Å². The average Bonchev–Trinajstić information content (AvgIpc) is 2.59. The fraction of sp³-hybridized carbons (Fsp3) is 0.625. The first-order valence-corrected chi connectivity index (χ1v) is 4.71. The number of nitrogens with zero attached hydrogens (tertiary/aromatic N) is 3. The highest BCUT2D eigenvalue weighted by Crippen LogP contribution is 2.25. The summed E-state index contributed by atoms with van der Waals surface area (Å²) in [7, 11) is 0. The zero-order chi connectivity index (χ0) is 13.9. The summed E-state index contributed by atoms with van der Waals surface area (Å²) in [6.45, 7) is -0.452. The Morgan fingerprint density at radius 1 is 1.44 bits per heavy atom. The van der Waals surface area contributed by atoms with Gasteiger partial charge in [-0.3, -0.25) is 0 Å². The van der Waals surface area contributed by atoms with Crippen molar-refractivity contribution in [1.29, 1.82) is 0 Å². The molecule has 0 aliphatic rings. The summed E-state index contributed by atoms with van der Waals surface area (Å²) in [4.78, 5) is 11.2. The van der Waals surface area contributed by atoms with Gasteiger partial charge < -0.3 is 4.74 Å². The Morgan fingerprint density at radius 3 is 2.50 bits per heavy atom. The van der Waals surface area contributed by atoms with Gasteiger partial charge in [0.15, 0.2) is 5.69 Å². The van der Waals surface area contributed by atoms with Gasteiger partial charge in [0.2, 0.25) is 0 Å². The molecule has 0 spiro atoms. The van der Waals surface area contributed by atoms with Crippen molar-refractivity contribution in [3.05, 3.63) is 11.4 Å². The summed E-state index contributed by atoms with van der Waals surface area (Å²) < 4.78 is 65.9. The number of carbonyl (C=O) groups excluding carboxylic acids is 1. The normalized spacial score (nSPS) is 11.9. The smallest absolute Gasteiger partial charge is 0.408 e. The van der Waals surface area contributed by atoms with Crippen LogP contribution < -0.4 is 0 Å². The molecule has 1 aromatic rings. The Bertz CT molecular complexity index is 429. The molecule has 0 radical (unpaired) electrons. The maximum absolute atomic E-state index is 12.6. The summed E-state index contributed by atoms with van der Waals surface area (Å²) in [5.41, 5.74) is -2.11. The Kier molecular flexibility index (Phi) is 4.19. The largest absolute Gasteiger partial charge is 0.461 e. The summed E-state index contributed by atoms with van der Waals surface area (Å²) in [6, 6.07) is 0. The number of hydrogen-bond donors (Lipinski definition) is 0. The highest BCUT2D eigenvalue weighted by atomic mass is 19.4. The molecule has 0 saturated heterocycles. The highest BCUT2D eigenvalue weighted by Gasteiger charge is 2.34. The molecular formula is C8H8F5N3O2. The van der Waals surface area contributed by atoms with Crippen LogP contribution >= 0.6 is 0 Å². The van der Waals surface area contributed by atoms with E-state index in [4.69, 9.17) is 0 Å². The van der Waals surface area contributed by atoms with E-state index >= 15 is 0 Å². The molecule has 0 saturated carbocycles. The van der Waals surface area contributed by atoms with Gasteiger partial charge in [0.25, 0.3) is 6.43 Å². The molecule has 1 heterocycles. The summed E-state index contributed by atoms with van der Waals surface area (Å²) in [6.07, 6.45) is -8.06. The molecular weight excluding hydrogens is 265 g/mol. The van der Waals surface area contributed by atoms with E-state index in [-0.39, 0.29) is 11.3 Å². The van der Waals surface area contributed by atoms with E-state index in [0.717, 1.165) is 0 Å². The number of aromatic nitrogens is 3. The predicted molar refractivity (Wildman–Crippen MR) is 47.0 cm³/mol. The second-order valence-electron chi connectivity index (χ2n) is 3.12. The second-order valence-corrected chi connectivity index (χ2v) is 3.12. The monoisotopic (exact) mass is 273 g/mol. The topological polar surface area (TPSA) is 57.0 Å². The lowest BCUT2D eigenvalue weighted by Gasteiger charge is -2.09. The maximum atomic E-state index is 12.6. The van der Waals surface area contributed by atoms with Gasteiger partial charge >= 0.3 is 12.1 Å². The van der Waals surface area contributed by atoms with E-state index in [9.17, 15) is 26.7 Å². The minimum atomic E-state index is -4.75. The fourth-order valence-corrected chi connectivity index (χ4v) is 1.17. The van der Waals surface area contributed by atoms with Crippen LogP contribution in [0.2, 0.25) is 0 Å². The number of ether oxygens (including phenoxy) is 1. The first-order chi connectivity index (χ1) is 8.26. The fourth-order valence-electron chi connectivity index (χ4n) is 1.17. The van der Waals surface area contributed by atoms with Crippen LogP contribution in [-0.4, -0.2) is 33.7 Å². The number of hydrogen-bond acceptors (Lipinski definition) is 4. The second kappa shape index (κ2) is 5.27. The third kappa shape index (κ3) is 3.37. The standard InChI is InChI=1S/C8H8F5N3O2/c1-2-18-7(17)4-5(6(9)10)16(15-14-4)3-8(11,12)13/h6H,2-3H2,1H3. The zero-order valence-electron chi connectivity index (χ0n) is 9.04. The Morgan fingerprint density at radius 2 is 2.06 bits per heavy atom. The molecule has 1 rings (SSSR count). The summed E-state index contributed by atoms with van der Waals surface area (Å²) in [5.74, 6) is -1.23. The van der Waals surface area contributed by atoms with Crippen molar-refractivity contribution >= 4 is 5.97 Å². The zero-order valence-corrected chi connectivity index (χ0v) is 9.04. The van der Waals surface area contributed by atoms with E-state index in [2.05, 4.69) is 15.0 Å². The first-order valence-electron chi connectivity index (χ1n) is 4.71. The minimum absolute atomic E-state index is 0.0586. The van der Waals surface area contributed by atoms with Crippen molar-refractivity contribution in [3.63, 3.8) is 0 Å². The molecule has 0 unspecified atom stereocenters. The van der Waals surface area contributed by atoms with Gasteiger partial charge in [-0.05, 0) is 6.92 Å². The van der Waals surface area contributed by atoms with Crippen LogP contribution in [0, 0.1) is 0 Å². The minimum Gasteiger partial charge on any atom is -0.461 e. The van der Waals surface area contributed by atoms with Gasteiger partial charge in [-0.2, -0.15) is 13.2 Å². The summed E-state index contributed by atoms with van der Waals surface area (Å²) in [5, 5.41) is 5.89. The third-order valence-corrected chi connectivity index (χ3v) is 1.78. The molecule has 5 nitrogen and oxygen atoms in total. The van der Waals surface area contributed by atoms with Gasteiger partial charge in [0, 0.05) is 0 Å². The lowest BCUT2D eigenvalue weighted by atomic mass is 10.3. The molecule has 1 aromatic heterocycles. The van der Waals surface area contributed by atoms with Crippen molar-refractivity contribution in [1.82, 2.24) is 15.0 Å². The Hall–Kier alpha value is -1.74. The molecule has 0 bridgehead atoms. The molecule has 18 heavy (non-hydrogen) atoms. The van der Waals surface area contributed by atoms with Crippen LogP contribution in [0.15, 0.2) is 0 Å². The van der Waals surface area contributed by atoms with Crippen LogP contribution in [0.5, 0.6) is 0 Å². The molecule has 102 valence electrons. The quantitative estimate of drug-likeness (QED) is 0.621. The Labute approximate surface area is 97.5 Å². The van der Waals surface area contributed by atoms with Gasteiger partial charge in [-0.15, -0.1) is 5.10 Å². The number of esters is 1. The van der Waals surface area contributed by atoms with Crippen molar-refractivity contribution in [2.45, 2.75) is 26.1 Å². The van der Waals surface area contributed by atoms with Crippen molar-refractivity contribution in [3.8, 4) is 0 Å². The molecule has 0 fully saturated rings. The first kappa shape index (κ1) is 14.3. The molecule has 0 atom stereocenters. The van der Waals surface area contributed by atoms with Crippen LogP contribution in [-0.2, 0) is 11.3 Å². The molecule has 0 aromatic carbocycles. The number of carbonyl (C=O) groups is 1. The molecule has 0 N–H and O–H groups in total. The van der Waals surface area contributed by atoms with E-state index in [1.165, 1.54) is 6.92 Å². The number of rotatable bonds is 4. The van der Waals surface area contributed by atoms with Crippen LogP contribution in [0.25, 0.3) is 0 Å².